The fourth-order valence-electron chi connectivity index (χ4n) is 6.92. The largest absolute Gasteiger partial charge is 0.351 e. The summed E-state index contributed by atoms with van der Waals surface area (Å²) in [5, 5.41) is 3.07. The average Bonchev–Trinajstić information content (AvgIpc) is 2.68. The number of hydrogen-bond donors (Lipinski definition) is 1. The van der Waals surface area contributed by atoms with Gasteiger partial charge in [-0.3, -0.25) is 9.59 Å². The van der Waals surface area contributed by atoms with Gasteiger partial charge in [0.05, 0.1) is 5.41 Å². The summed E-state index contributed by atoms with van der Waals surface area (Å²) in [6.45, 7) is 3.52. The maximum Gasteiger partial charge on any atom is 0.229 e. The van der Waals surface area contributed by atoms with Crippen molar-refractivity contribution in [3.05, 3.63) is 0 Å². The topological polar surface area (TPSA) is 49.4 Å². The van der Waals surface area contributed by atoms with Crippen molar-refractivity contribution in [1.82, 2.24) is 10.2 Å². The molecule has 0 atom stereocenters. The molecule has 28 heavy (non-hydrogen) atoms. The number of nitrogens with zero attached hydrogens (tertiary/aromatic N) is 1. The van der Waals surface area contributed by atoms with Gasteiger partial charge >= 0.3 is 0 Å². The van der Waals surface area contributed by atoms with Gasteiger partial charge in [-0.1, -0.05) is 64.2 Å². The monoisotopic (exact) mass is 388 g/mol. The van der Waals surface area contributed by atoms with E-state index in [2.05, 4.69) is 10.2 Å². The lowest BCUT2D eigenvalue weighted by Crippen LogP contribution is -2.78. The molecule has 5 fully saturated rings. The molecule has 0 aromatic heterocycles. The first kappa shape index (κ1) is 20.2. The molecule has 1 N–H and O–H groups in total. The van der Waals surface area contributed by atoms with E-state index in [4.69, 9.17) is 0 Å². The Bertz CT molecular complexity index is 547. The Morgan fingerprint density at radius 1 is 0.750 bits per heavy atom. The summed E-state index contributed by atoms with van der Waals surface area (Å²) in [4.78, 5) is 26.6. The molecule has 0 radical (unpaired) electrons. The van der Waals surface area contributed by atoms with E-state index in [-0.39, 0.29) is 16.9 Å². The molecule has 4 aliphatic carbocycles. The van der Waals surface area contributed by atoms with Crippen LogP contribution in [0.4, 0.5) is 0 Å². The maximum atomic E-state index is 13.1. The zero-order valence-electron chi connectivity index (χ0n) is 17.9. The maximum absolute atomic E-state index is 13.1. The van der Waals surface area contributed by atoms with E-state index in [1.54, 1.807) is 6.92 Å². The molecular weight excluding hydrogens is 348 g/mol. The number of likely N-dealkylation sites (tertiary alicyclic amines) is 1. The molecule has 0 aromatic rings. The van der Waals surface area contributed by atoms with Gasteiger partial charge in [-0.15, -0.1) is 0 Å². The lowest BCUT2D eigenvalue weighted by atomic mass is 9.39. The van der Waals surface area contributed by atoms with Crippen LogP contribution in [0.15, 0.2) is 0 Å². The molecule has 4 saturated carbocycles. The summed E-state index contributed by atoms with van der Waals surface area (Å²) in [6, 6.07) is 0. The van der Waals surface area contributed by atoms with E-state index in [0.29, 0.717) is 5.91 Å². The van der Waals surface area contributed by atoms with Gasteiger partial charge in [0.1, 0.15) is 0 Å². The van der Waals surface area contributed by atoms with Crippen molar-refractivity contribution in [2.24, 2.45) is 17.3 Å². The van der Waals surface area contributed by atoms with E-state index in [1.165, 1.54) is 77.0 Å². The fourth-order valence-corrected chi connectivity index (χ4v) is 6.92. The summed E-state index contributed by atoms with van der Waals surface area (Å²) in [5.74, 6) is 2.17. The van der Waals surface area contributed by atoms with Crippen LogP contribution in [0.2, 0.25) is 0 Å². The molecule has 2 amide bonds. The predicted octanol–water partition coefficient (Wildman–Crippen LogP) is 4.81. The minimum atomic E-state index is -0.121. The van der Waals surface area contributed by atoms with Gasteiger partial charge in [0.15, 0.2) is 0 Å². The zero-order chi connectivity index (χ0) is 19.6. The molecule has 2 bridgehead atoms. The third-order valence-corrected chi connectivity index (χ3v) is 8.32. The summed E-state index contributed by atoms with van der Waals surface area (Å²) in [7, 11) is 0. The smallest absolute Gasteiger partial charge is 0.229 e. The zero-order valence-corrected chi connectivity index (χ0v) is 17.9. The van der Waals surface area contributed by atoms with Gasteiger partial charge in [-0.2, -0.15) is 0 Å². The molecule has 158 valence electrons. The number of carbonyl (C=O) groups excluding carboxylic acids is 2. The van der Waals surface area contributed by atoms with Crippen LogP contribution >= 0.6 is 0 Å². The molecule has 4 heteroatoms. The number of hydrogen-bond acceptors (Lipinski definition) is 2. The number of amides is 2. The van der Waals surface area contributed by atoms with E-state index in [0.717, 1.165) is 44.2 Å². The first-order valence-corrected chi connectivity index (χ1v) is 12.1. The highest BCUT2D eigenvalue weighted by atomic mass is 16.2. The van der Waals surface area contributed by atoms with Gasteiger partial charge in [0.2, 0.25) is 11.8 Å². The highest BCUT2D eigenvalue weighted by Crippen LogP contribution is 2.68. The molecule has 1 heterocycles. The van der Waals surface area contributed by atoms with Crippen LogP contribution in [0.25, 0.3) is 0 Å². The van der Waals surface area contributed by atoms with Gasteiger partial charge in [-0.25, -0.2) is 0 Å². The normalized spacial score (nSPS) is 35.2. The van der Waals surface area contributed by atoms with Crippen molar-refractivity contribution in [3.8, 4) is 0 Å². The predicted molar refractivity (Wildman–Crippen MR) is 112 cm³/mol. The van der Waals surface area contributed by atoms with Gasteiger partial charge in [0.25, 0.3) is 0 Å². The van der Waals surface area contributed by atoms with Crippen molar-refractivity contribution in [2.75, 3.05) is 13.1 Å². The molecule has 0 spiro atoms. The second-order valence-electron chi connectivity index (χ2n) is 10.6. The molecule has 0 aromatic carbocycles. The minimum absolute atomic E-state index is 0.0331. The SMILES string of the molecule is CC(=O)NC12CC(C(=O)N3CCC(C4CCCCCCCCCC4)CC3)(C1)C2. The summed E-state index contributed by atoms with van der Waals surface area (Å²) in [5.41, 5.74) is -0.154. The number of piperidine rings is 1. The Morgan fingerprint density at radius 3 is 1.71 bits per heavy atom. The van der Waals surface area contributed by atoms with Crippen LogP contribution in [-0.4, -0.2) is 35.3 Å². The van der Waals surface area contributed by atoms with Crippen molar-refractivity contribution < 1.29 is 9.59 Å². The van der Waals surface area contributed by atoms with Crippen LogP contribution < -0.4 is 5.32 Å². The number of rotatable bonds is 3. The van der Waals surface area contributed by atoms with Crippen LogP contribution in [-0.2, 0) is 9.59 Å². The highest BCUT2D eigenvalue weighted by Gasteiger charge is 2.72. The van der Waals surface area contributed by atoms with Gasteiger partial charge in [0, 0.05) is 25.6 Å². The summed E-state index contributed by atoms with van der Waals surface area (Å²) >= 11 is 0. The second kappa shape index (κ2) is 8.36. The molecule has 0 unspecified atom stereocenters. The van der Waals surface area contributed by atoms with Gasteiger partial charge in [-0.05, 0) is 43.9 Å². The van der Waals surface area contributed by atoms with Gasteiger partial charge < -0.3 is 10.2 Å². The quantitative estimate of drug-likeness (QED) is 0.754. The molecule has 4 nitrogen and oxygen atoms in total. The molecule has 1 aliphatic heterocycles. The van der Waals surface area contributed by atoms with Crippen molar-refractivity contribution in [3.63, 3.8) is 0 Å². The van der Waals surface area contributed by atoms with Crippen LogP contribution in [0.3, 0.4) is 0 Å². The van der Waals surface area contributed by atoms with Crippen LogP contribution in [0.5, 0.6) is 0 Å². The Labute approximate surface area is 171 Å². The van der Waals surface area contributed by atoms with Crippen molar-refractivity contribution in [1.29, 1.82) is 0 Å². The molecule has 1 saturated heterocycles. The third-order valence-electron chi connectivity index (χ3n) is 8.32. The Kier molecular flexibility index (Phi) is 6.04. The number of carbonyl (C=O) groups is 2. The Hall–Kier alpha value is -1.06. The third kappa shape index (κ3) is 4.11. The second-order valence-corrected chi connectivity index (χ2v) is 10.6. The average molecular weight is 389 g/mol. The summed E-state index contributed by atoms with van der Waals surface area (Å²) < 4.78 is 0. The molecule has 5 aliphatic rings. The summed E-state index contributed by atoms with van der Waals surface area (Å²) in [6.07, 6.45) is 19.3. The highest BCUT2D eigenvalue weighted by molar-refractivity contribution is 5.88. The first-order chi connectivity index (χ1) is 13.5. The van der Waals surface area contributed by atoms with Crippen molar-refractivity contribution >= 4 is 11.8 Å². The van der Waals surface area contributed by atoms with E-state index in [9.17, 15) is 9.59 Å². The molecular formula is C24H40N2O2. The van der Waals surface area contributed by atoms with E-state index >= 15 is 0 Å². The standard InChI is InChI=1S/C24H40N2O2/c1-19(27)25-24-16-23(17-24,18-24)22(28)26-14-12-21(13-15-26)20-10-8-6-4-2-3-5-7-9-11-20/h20-21H,2-18H2,1H3,(H,25,27). The lowest BCUT2D eigenvalue weighted by Gasteiger charge is -2.70. The van der Waals surface area contributed by atoms with Crippen LogP contribution in [0.1, 0.15) is 103 Å². The van der Waals surface area contributed by atoms with E-state index < -0.39 is 0 Å². The lowest BCUT2D eigenvalue weighted by molar-refractivity contribution is -0.194. The minimum Gasteiger partial charge on any atom is -0.351 e. The first-order valence-electron chi connectivity index (χ1n) is 12.1. The van der Waals surface area contributed by atoms with Crippen LogP contribution in [0, 0.1) is 17.3 Å². The number of nitrogens with one attached hydrogen (secondary N) is 1. The Morgan fingerprint density at radius 2 is 1.21 bits per heavy atom. The molecule has 5 rings (SSSR count). The Balaban J connectivity index is 1.24. The fraction of sp³-hybridized carbons (Fsp3) is 0.917. The van der Waals surface area contributed by atoms with E-state index in [1.807, 2.05) is 0 Å². The van der Waals surface area contributed by atoms with Crippen molar-refractivity contribution in [2.45, 2.75) is 109 Å².